The molecule has 0 radical (unpaired) electrons. The van der Waals surface area contributed by atoms with Gasteiger partial charge < -0.3 is 33.5 Å². The maximum absolute atomic E-state index is 13.1. The third kappa shape index (κ3) is 7.04. The van der Waals surface area contributed by atoms with Gasteiger partial charge in [0.15, 0.2) is 0 Å². The number of ether oxygens (including phenoxy) is 3. The Morgan fingerprint density at radius 3 is 2.16 bits per heavy atom. The molecule has 0 atom stereocenters. The zero-order valence-electron chi connectivity index (χ0n) is 30.8. The first-order valence-electron chi connectivity index (χ1n) is 18.4. The quantitative estimate of drug-likeness (QED) is 0.310. The van der Waals surface area contributed by atoms with Gasteiger partial charge in [0, 0.05) is 75.1 Å². The van der Waals surface area contributed by atoms with Crippen LogP contribution in [0, 0.1) is 11.3 Å². The molecule has 1 amide bonds. The average molecular weight is 687 g/mol. The van der Waals surface area contributed by atoms with Crippen LogP contribution >= 0.6 is 0 Å². The summed E-state index contributed by atoms with van der Waals surface area (Å²) < 4.78 is 19.2. The number of anilines is 1. The second-order valence-electron chi connectivity index (χ2n) is 16.1. The summed E-state index contributed by atoms with van der Waals surface area (Å²) in [6, 6.07) is 6.23. The molecule has 7 rings (SSSR count). The molecule has 0 N–H and O–H groups in total. The number of carbonyl (C=O) groups excluding carboxylic acids is 1. The summed E-state index contributed by atoms with van der Waals surface area (Å²) in [6.07, 6.45) is 9.29. The van der Waals surface area contributed by atoms with Gasteiger partial charge in [-0.1, -0.05) is 0 Å². The van der Waals surface area contributed by atoms with Crippen LogP contribution in [0.2, 0.25) is 0 Å². The number of hydrogen-bond donors (Lipinski definition) is 0. The number of hydrogen-bond acceptors (Lipinski definition) is 9. The van der Waals surface area contributed by atoms with Gasteiger partial charge in [0.1, 0.15) is 22.9 Å². The third-order valence-electron chi connectivity index (χ3n) is 11.4. The molecule has 1 aromatic carbocycles. The highest BCUT2D eigenvalue weighted by molar-refractivity contribution is 5.97. The van der Waals surface area contributed by atoms with Crippen LogP contribution < -0.4 is 19.9 Å². The van der Waals surface area contributed by atoms with Gasteiger partial charge in [-0.3, -0.25) is 9.69 Å². The minimum Gasteiger partial charge on any atom is -0.496 e. The van der Waals surface area contributed by atoms with Gasteiger partial charge in [-0.05, 0) is 109 Å². The minimum absolute atomic E-state index is 0.0560. The normalized spacial score (nSPS) is 20.1. The van der Waals surface area contributed by atoms with E-state index in [1.807, 2.05) is 31.9 Å². The van der Waals surface area contributed by atoms with Gasteiger partial charge in [0.2, 0.25) is 0 Å². The van der Waals surface area contributed by atoms with Crippen molar-refractivity contribution < 1.29 is 19.0 Å². The number of carbonyl (C=O) groups is 1. The van der Waals surface area contributed by atoms with E-state index < -0.39 is 5.60 Å². The van der Waals surface area contributed by atoms with Crippen molar-refractivity contribution in [2.45, 2.75) is 65.0 Å². The lowest BCUT2D eigenvalue weighted by Crippen LogP contribution is -2.62. The minimum atomic E-state index is -0.445. The number of benzene rings is 1. The van der Waals surface area contributed by atoms with E-state index in [1.54, 1.807) is 32.0 Å². The van der Waals surface area contributed by atoms with E-state index in [-0.39, 0.29) is 17.1 Å². The molecule has 11 nitrogen and oxygen atoms in total. The van der Waals surface area contributed by atoms with Gasteiger partial charge >= 0.3 is 6.09 Å². The van der Waals surface area contributed by atoms with E-state index in [4.69, 9.17) is 14.2 Å². The molecule has 4 fully saturated rings. The Morgan fingerprint density at radius 1 is 0.920 bits per heavy atom. The molecule has 2 aromatic heterocycles. The molecule has 270 valence electrons. The molecule has 1 spiro atoms. The summed E-state index contributed by atoms with van der Waals surface area (Å²) in [4.78, 5) is 39.4. The number of piperidine rings is 2. The molecule has 11 heteroatoms. The number of likely N-dealkylation sites (tertiary alicyclic amines) is 3. The van der Waals surface area contributed by atoms with Crippen LogP contribution in [0.15, 0.2) is 35.4 Å². The SMILES string of the molecule is COc1cc(-c2cn(C)c(=O)c3cnc(N4CCC4)cc23)cc(OC)c1CN1CCC(CN2CCC3(CC2)CN(C(=O)OC(C)(C)C)C3)CC1. The van der Waals surface area contributed by atoms with Crippen LogP contribution in [-0.4, -0.2) is 109 Å². The van der Waals surface area contributed by atoms with Crippen LogP contribution in [0.1, 0.15) is 58.4 Å². The van der Waals surface area contributed by atoms with Gasteiger partial charge in [-0.2, -0.15) is 0 Å². The van der Waals surface area contributed by atoms with Crippen molar-refractivity contribution >= 4 is 22.7 Å². The lowest BCUT2D eigenvalue weighted by Gasteiger charge is -2.54. The van der Waals surface area contributed by atoms with Crippen LogP contribution in [0.3, 0.4) is 0 Å². The summed E-state index contributed by atoms with van der Waals surface area (Å²) >= 11 is 0. The Morgan fingerprint density at radius 2 is 1.58 bits per heavy atom. The fraction of sp³-hybridized carbons (Fsp3) is 0.615. The predicted octanol–water partition coefficient (Wildman–Crippen LogP) is 5.37. The summed E-state index contributed by atoms with van der Waals surface area (Å²) in [7, 11) is 5.24. The van der Waals surface area contributed by atoms with Crippen LogP contribution in [-0.2, 0) is 18.3 Å². The van der Waals surface area contributed by atoms with E-state index in [9.17, 15) is 9.59 Å². The van der Waals surface area contributed by atoms with Gasteiger partial charge in [0.05, 0.1) is 25.2 Å². The van der Waals surface area contributed by atoms with Gasteiger partial charge in [0.25, 0.3) is 5.56 Å². The Bertz CT molecular complexity index is 1750. The highest BCUT2D eigenvalue weighted by Gasteiger charge is 2.48. The lowest BCUT2D eigenvalue weighted by atomic mass is 9.72. The molecular formula is C39H54N6O5. The summed E-state index contributed by atoms with van der Waals surface area (Å²) in [6.45, 7) is 15.7. The first kappa shape index (κ1) is 34.6. The average Bonchev–Trinajstić information content (AvgIpc) is 3.05. The fourth-order valence-corrected chi connectivity index (χ4v) is 8.25. The first-order valence-corrected chi connectivity index (χ1v) is 18.4. The smallest absolute Gasteiger partial charge is 0.410 e. The Balaban J connectivity index is 0.974. The van der Waals surface area contributed by atoms with Crippen LogP contribution in [0.25, 0.3) is 21.9 Å². The van der Waals surface area contributed by atoms with Crippen molar-refractivity contribution in [3.63, 3.8) is 0 Å². The largest absolute Gasteiger partial charge is 0.496 e. The van der Waals surface area contributed by atoms with Crippen molar-refractivity contribution in [1.29, 1.82) is 0 Å². The Hall–Kier alpha value is -3.83. The highest BCUT2D eigenvalue weighted by atomic mass is 16.6. The predicted molar refractivity (Wildman–Crippen MR) is 196 cm³/mol. The van der Waals surface area contributed by atoms with E-state index in [0.717, 1.165) is 124 Å². The third-order valence-corrected chi connectivity index (χ3v) is 11.4. The van der Waals surface area contributed by atoms with Crippen molar-refractivity contribution in [1.82, 2.24) is 24.3 Å². The van der Waals surface area contributed by atoms with E-state index in [2.05, 4.69) is 37.9 Å². The monoisotopic (exact) mass is 686 g/mol. The summed E-state index contributed by atoms with van der Waals surface area (Å²) in [5.74, 6) is 3.19. The van der Waals surface area contributed by atoms with Crippen LogP contribution in [0.5, 0.6) is 11.5 Å². The van der Waals surface area contributed by atoms with Crippen molar-refractivity contribution in [3.8, 4) is 22.6 Å². The van der Waals surface area contributed by atoms with Gasteiger partial charge in [-0.25, -0.2) is 9.78 Å². The topological polar surface area (TPSA) is 92.6 Å². The number of fused-ring (bicyclic) bond motifs is 1. The van der Waals surface area contributed by atoms with Crippen molar-refractivity contribution in [2.75, 3.05) is 78.0 Å². The molecule has 0 unspecified atom stereocenters. The first-order chi connectivity index (χ1) is 23.9. The second kappa shape index (κ2) is 13.7. The highest BCUT2D eigenvalue weighted by Crippen LogP contribution is 2.42. The molecule has 6 heterocycles. The maximum atomic E-state index is 13.1. The van der Waals surface area contributed by atoms with E-state index >= 15 is 0 Å². The van der Waals surface area contributed by atoms with Crippen molar-refractivity contribution in [2.24, 2.45) is 18.4 Å². The number of methoxy groups -OCH3 is 2. The van der Waals surface area contributed by atoms with Crippen LogP contribution in [0.4, 0.5) is 10.6 Å². The molecule has 3 aromatic rings. The number of rotatable bonds is 8. The summed E-state index contributed by atoms with van der Waals surface area (Å²) in [5, 5.41) is 1.50. The second-order valence-corrected chi connectivity index (χ2v) is 16.1. The summed E-state index contributed by atoms with van der Waals surface area (Å²) in [5.41, 5.74) is 2.74. The van der Waals surface area contributed by atoms with Crippen molar-refractivity contribution in [3.05, 3.63) is 46.5 Å². The Kier molecular flexibility index (Phi) is 9.49. The van der Waals surface area contributed by atoms with E-state index in [0.29, 0.717) is 11.3 Å². The number of aromatic nitrogens is 2. The molecule has 0 bridgehead atoms. The number of aryl methyl sites for hydroxylation is 1. The zero-order chi connectivity index (χ0) is 35.2. The standard InChI is InChI=1S/C39H54N6O5/c1-38(2,3)50-37(47)45-25-39(26-45)10-16-43(17-11-39)22-27-8-14-42(15-9-27)24-32-33(48-5)18-28(19-34(32)49-6)31-23-41(4)36(46)30-21-40-35(20-29(30)31)44-12-7-13-44/h18-21,23,27H,7-17,22,24-26H2,1-6H3. The molecule has 0 saturated carbocycles. The Labute approximate surface area is 296 Å². The molecule has 0 aliphatic carbocycles. The van der Waals surface area contributed by atoms with E-state index in [1.165, 1.54) is 12.8 Å². The zero-order valence-corrected chi connectivity index (χ0v) is 30.8. The fourth-order valence-electron chi connectivity index (χ4n) is 8.25. The molecular weight excluding hydrogens is 632 g/mol. The number of pyridine rings is 2. The number of amides is 1. The maximum Gasteiger partial charge on any atom is 0.410 e. The van der Waals surface area contributed by atoms with Gasteiger partial charge in [-0.15, -0.1) is 0 Å². The lowest BCUT2D eigenvalue weighted by molar-refractivity contribution is -0.0611. The number of nitrogens with zero attached hydrogens (tertiary/aromatic N) is 6. The molecule has 50 heavy (non-hydrogen) atoms. The molecule has 4 saturated heterocycles. The molecule has 4 aliphatic heterocycles. The molecule has 4 aliphatic rings.